The lowest BCUT2D eigenvalue weighted by atomic mass is 9.87. The first-order valence-electron chi connectivity index (χ1n) is 11.6. The van der Waals surface area contributed by atoms with Gasteiger partial charge in [-0.2, -0.15) is 0 Å². The largest absolute Gasteiger partial charge is 0.335 e. The van der Waals surface area contributed by atoms with Crippen LogP contribution in [0.5, 0.6) is 0 Å². The number of urea groups is 1. The van der Waals surface area contributed by atoms with E-state index in [2.05, 4.69) is 22.2 Å². The molecule has 4 rings (SSSR count). The van der Waals surface area contributed by atoms with E-state index in [4.69, 9.17) is 11.6 Å². The van der Waals surface area contributed by atoms with Crippen LogP contribution >= 0.6 is 11.6 Å². The second-order valence-corrected chi connectivity index (χ2v) is 11.0. The summed E-state index contributed by atoms with van der Waals surface area (Å²) >= 11 is 5.71. The first kappa shape index (κ1) is 27.3. The van der Waals surface area contributed by atoms with Gasteiger partial charge in [0.25, 0.3) is 15.6 Å². The standard InChI is InChI=1S/C17H24N2O4S.C8H5ClN2O/c1-12-3-7-15(8-4-12)18-17(21)19-24(22,23)16-9-5-14(6-10-16)13(2)11-20;9-5-1-2-7-6(3-5)8(12)11-4-10-7/h5-6,9-13,15H,3-4,7-8H2,1-2H3,(H2,18,19,21);1-4H,(H,10,11,12). The summed E-state index contributed by atoms with van der Waals surface area (Å²) < 4.78 is 26.5. The molecule has 0 radical (unpaired) electrons. The number of aromatic amines is 1. The van der Waals surface area contributed by atoms with Gasteiger partial charge in [0.05, 0.1) is 22.1 Å². The summed E-state index contributed by atoms with van der Waals surface area (Å²) in [5, 5.41) is 3.79. The number of halogens is 1. The number of H-pyrrole nitrogens is 1. The maximum Gasteiger partial charge on any atom is 0.328 e. The third kappa shape index (κ3) is 7.38. The Hall–Kier alpha value is -3.24. The molecule has 1 heterocycles. The average Bonchev–Trinajstić information content (AvgIpc) is 2.85. The van der Waals surface area contributed by atoms with Crippen LogP contribution in [0, 0.1) is 5.92 Å². The van der Waals surface area contributed by atoms with Crippen LogP contribution in [0.25, 0.3) is 10.9 Å². The number of hydrogen-bond acceptors (Lipinski definition) is 6. The van der Waals surface area contributed by atoms with Gasteiger partial charge in [-0.05, 0) is 67.5 Å². The van der Waals surface area contributed by atoms with Crippen molar-refractivity contribution in [1.29, 1.82) is 0 Å². The molecule has 36 heavy (non-hydrogen) atoms. The van der Waals surface area contributed by atoms with Crippen molar-refractivity contribution in [2.75, 3.05) is 0 Å². The summed E-state index contributed by atoms with van der Waals surface area (Å²) in [5.74, 6) is 0.355. The molecule has 2 aromatic carbocycles. The zero-order valence-electron chi connectivity index (χ0n) is 20.0. The number of aromatic nitrogens is 2. The highest BCUT2D eigenvalue weighted by molar-refractivity contribution is 7.90. The van der Waals surface area contributed by atoms with Crippen molar-refractivity contribution >= 4 is 44.8 Å². The Morgan fingerprint density at radius 1 is 1.14 bits per heavy atom. The van der Waals surface area contributed by atoms with Gasteiger partial charge in [-0.25, -0.2) is 22.9 Å². The van der Waals surface area contributed by atoms with Crippen LogP contribution in [0.1, 0.15) is 51.0 Å². The minimum Gasteiger partial charge on any atom is -0.335 e. The number of aldehydes is 1. The van der Waals surface area contributed by atoms with E-state index >= 15 is 0 Å². The quantitative estimate of drug-likeness (QED) is 0.422. The van der Waals surface area contributed by atoms with Gasteiger partial charge in [0.2, 0.25) is 0 Å². The SMILES string of the molecule is CC1CCC(NC(=O)NS(=O)(=O)c2ccc(C(C)C=O)cc2)CC1.O=c1[nH]cnc2ccc(Cl)cc12. The second kappa shape index (κ2) is 12.1. The van der Waals surface area contributed by atoms with Crippen LogP contribution in [-0.2, 0) is 14.8 Å². The molecular formula is C25H29ClN4O5S. The maximum absolute atomic E-state index is 12.2. The predicted octanol–water partition coefficient (Wildman–Crippen LogP) is 4.13. The predicted molar refractivity (Wildman–Crippen MR) is 139 cm³/mol. The Morgan fingerprint density at radius 2 is 1.81 bits per heavy atom. The van der Waals surface area contributed by atoms with Crippen molar-refractivity contribution in [3.05, 3.63) is 69.7 Å². The minimum absolute atomic E-state index is 0.00300. The van der Waals surface area contributed by atoms with Gasteiger partial charge in [0.1, 0.15) is 6.29 Å². The number of hydrogen-bond donors (Lipinski definition) is 3. The molecule has 192 valence electrons. The number of nitrogens with zero attached hydrogens (tertiary/aromatic N) is 1. The molecule has 3 aromatic rings. The van der Waals surface area contributed by atoms with Crippen LogP contribution in [-0.4, -0.2) is 36.7 Å². The number of carbonyl (C=O) groups is 2. The summed E-state index contributed by atoms with van der Waals surface area (Å²) in [7, 11) is -3.92. The second-order valence-electron chi connectivity index (χ2n) is 8.92. The van der Waals surface area contributed by atoms with Gasteiger partial charge in [-0.1, -0.05) is 37.6 Å². The molecule has 1 aliphatic rings. The molecule has 2 amide bonds. The Labute approximate surface area is 214 Å². The number of amides is 2. The normalized spacial score (nSPS) is 18.4. The first-order chi connectivity index (χ1) is 17.1. The van der Waals surface area contributed by atoms with Gasteiger partial charge < -0.3 is 15.1 Å². The van der Waals surface area contributed by atoms with Crippen molar-refractivity contribution in [3.63, 3.8) is 0 Å². The monoisotopic (exact) mass is 532 g/mol. The summed E-state index contributed by atoms with van der Waals surface area (Å²) in [5.41, 5.74) is 1.22. The van der Waals surface area contributed by atoms with E-state index in [1.54, 1.807) is 37.3 Å². The molecule has 0 aliphatic heterocycles. The topological polar surface area (TPSA) is 138 Å². The third-order valence-corrected chi connectivity index (χ3v) is 7.68. The van der Waals surface area contributed by atoms with E-state index in [1.165, 1.54) is 18.5 Å². The highest BCUT2D eigenvalue weighted by Gasteiger charge is 2.23. The van der Waals surface area contributed by atoms with Gasteiger partial charge in [-0.3, -0.25) is 4.79 Å². The van der Waals surface area contributed by atoms with E-state index in [1.807, 2.05) is 4.72 Å². The van der Waals surface area contributed by atoms with Gasteiger partial charge in [-0.15, -0.1) is 0 Å². The Kier molecular flexibility index (Phi) is 9.22. The molecule has 1 unspecified atom stereocenters. The van der Waals surface area contributed by atoms with Crippen molar-refractivity contribution in [1.82, 2.24) is 20.0 Å². The van der Waals surface area contributed by atoms with Crippen LogP contribution in [0.4, 0.5) is 4.79 Å². The molecule has 0 saturated heterocycles. The van der Waals surface area contributed by atoms with E-state index in [9.17, 15) is 22.8 Å². The van der Waals surface area contributed by atoms with Crippen molar-refractivity contribution in [3.8, 4) is 0 Å². The molecular weight excluding hydrogens is 504 g/mol. The fraction of sp³-hybridized carbons (Fsp3) is 0.360. The highest BCUT2D eigenvalue weighted by Crippen LogP contribution is 2.23. The maximum atomic E-state index is 12.2. The molecule has 3 N–H and O–H groups in total. The lowest BCUT2D eigenvalue weighted by Gasteiger charge is -2.26. The smallest absolute Gasteiger partial charge is 0.328 e. The Bertz CT molecular complexity index is 1370. The molecule has 9 nitrogen and oxygen atoms in total. The van der Waals surface area contributed by atoms with Crippen LogP contribution < -0.4 is 15.6 Å². The molecule has 1 aromatic heterocycles. The number of benzene rings is 2. The molecule has 0 spiro atoms. The van der Waals surface area contributed by atoms with E-state index < -0.39 is 16.1 Å². The third-order valence-electron chi connectivity index (χ3n) is 6.10. The van der Waals surface area contributed by atoms with Crippen LogP contribution in [0.3, 0.4) is 0 Å². The summed E-state index contributed by atoms with van der Waals surface area (Å²) in [4.78, 5) is 40.3. The van der Waals surface area contributed by atoms with Gasteiger partial charge >= 0.3 is 6.03 Å². The number of carbonyl (C=O) groups excluding carboxylic acids is 2. The van der Waals surface area contributed by atoms with Gasteiger partial charge in [0.15, 0.2) is 0 Å². The lowest BCUT2D eigenvalue weighted by molar-refractivity contribution is -0.108. The zero-order valence-corrected chi connectivity index (χ0v) is 21.6. The zero-order chi connectivity index (χ0) is 26.3. The fourth-order valence-corrected chi connectivity index (χ4v) is 4.96. The summed E-state index contributed by atoms with van der Waals surface area (Å²) in [6, 6.07) is 10.3. The summed E-state index contributed by atoms with van der Waals surface area (Å²) in [6.07, 6.45) is 5.97. The van der Waals surface area contributed by atoms with Crippen molar-refractivity contribution < 1.29 is 18.0 Å². The lowest BCUT2D eigenvalue weighted by Crippen LogP contribution is -2.45. The van der Waals surface area contributed by atoms with E-state index in [-0.39, 0.29) is 22.4 Å². The molecule has 1 saturated carbocycles. The van der Waals surface area contributed by atoms with Crippen molar-refractivity contribution in [2.45, 2.75) is 56.4 Å². The number of rotatable bonds is 5. The van der Waals surface area contributed by atoms with Crippen molar-refractivity contribution in [2.24, 2.45) is 5.92 Å². The highest BCUT2D eigenvalue weighted by atomic mass is 35.5. The van der Waals surface area contributed by atoms with E-state index in [0.717, 1.165) is 37.5 Å². The molecule has 1 fully saturated rings. The van der Waals surface area contributed by atoms with Crippen LogP contribution in [0.2, 0.25) is 5.02 Å². The van der Waals surface area contributed by atoms with Gasteiger partial charge in [0, 0.05) is 17.0 Å². The molecule has 1 atom stereocenters. The van der Waals surface area contributed by atoms with E-state index in [0.29, 0.717) is 21.8 Å². The first-order valence-corrected chi connectivity index (χ1v) is 13.5. The van der Waals surface area contributed by atoms with Crippen LogP contribution in [0.15, 0.2) is 58.5 Å². The number of nitrogens with one attached hydrogen (secondary N) is 3. The Morgan fingerprint density at radius 3 is 2.44 bits per heavy atom. The average molecular weight is 533 g/mol. The Balaban J connectivity index is 0.000000249. The minimum atomic E-state index is -3.92. The number of sulfonamides is 1. The fourth-order valence-electron chi connectivity index (χ4n) is 3.87. The molecule has 11 heteroatoms. The number of fused-ring (bicyclic) bond motifs is 1. The molecule has 1 aliphatic carbocycles. The molecule has 0 bridgehead atoms. The summed E-state index contributed by atoms with van der Waals surface area (Å²) in [6.45, 7) is 3.91.